The zero-order valence-corrected chi connectivity index (χ0v) is 13.6. The van der Waals surface area contributed by atoms with Crippen LogP contribution in [-0.4, -0.2) is 9.49 Å². The number of benzene rings is 2. The summed E-state index contributed by atoms with van der Waals surface area (Å²) >= 11 is 0. The van der Waals surface area contributed by atoms with Crippen molar-refractivity contribution >= 4 is 5.69 Å². The van der Waals surface area contributed by atoms with Gasteiger partial charge in [-0.2, -0.15) is 0 Å². The fraction of sp³-hybridized carbons (Fsp3) is 0.150. The zero-order valence-electron chi connectivity index (χ0n) is 13.6. The van der Waals surface area contributed by atoms with E-state index in [4.69, 9.17) is 5.41 Å². The van der Waals surface area contributed by atoms with E-state index in [1.54, 1.807) is 12.1 Å². The first-order chi connectivity index (χ1) is 12.1. The van der Waals surface area contributed by atoms with Crippen LogP contribution in [0.3, 0.4) is 0 Å². The number of nitrogens with zero attached hydrogens (tertiary/aromatic N) is 2. The van der Waals surface area contributed by atoms with Gasteiger partial charge in [0.25, 0.3) is 5.69 Å². The van der Waals surface area contributed by atoms with Crippen LogP contribution >= 0.6 is 0 Å². The number of aryl methyl sites for hydroxylation is 1. The minimum absolute atomic E-state index is 0.0605. The van der Waals surface area contributed by atoms with Gasteiger partial charge in [-0.05, 0) is 47.7 Å². The number of aromatic nitrogens is 1. The number of hydrogen-bond donors (Lipinski definition) is 1. The molecular formula is C20H17N3O2. The lowest BCUT2D eigenvalue weighted by Crippen LogP contribution is -2.22. The molecular weight excluding hydrogens is 314 g/mol. The molecule has 0 spiro atoms. The SMILES string of the molecule is N=c1c(-c2ccc([N+](=O)[O-])cc2)c(-c2ccccc2)cc2n1CCC2. The van der Waals surface area contributed by atoms with Crippen molar-refractivity contribution in [3.63, 3.8) is 0 Å². The molecule has 1 aliphatic rings. The van der Waals surface area contributed by atoms with Crippen LogP contribution in [0.2, 0.25) is 0 Å². The predicted molar refractivity (Wildman–Crippen MR) is 96.1 cm³/mol. The van der Waals surface area contributed by atoms with Crippen LogP contribution in [0.1, 0.15) is 12.1 Å². The Morgan fingerprint density at radius 1 is 1.00 bits per heavy atom. The molecule has 1 aliphatic heterocycles. The first-order valence-electron chi connectivity index (χ1n) is 8.27. The number of fused-ring (bicyclic) bond motifs is 1. The van der Waals surface area contributed by atoms with Gasteiger partial charge in [-0.25, -0.2) is 0 Å². The zero-order chi connectivity index (χ0) is 17.4. The number of rotatable bonds is 3. The van der Waals surface area contributed by atoms with Gasteiger partial charge in [0.15, 0.2) is 0 Å². The van der Waals surface area contributed by atoms with E-state index in [2.05, 4.69) is 6.07 Å². The average molecular weight is 331 g/mol. The van der Waals surface area contributed by atoms with E-state index in [0.29, 0.717) is 5.49 Å². The molecule has 5 nitrogen and oxygen atoms in total. The van der Waals surface area contributed by atoms with E-state index >= 15 is 0 Å². The van der Waals surface area contributed by atoms with Crippen molar-refractivity contribution in [1.82, 2.24) is 4.57 Å². The highest BCUT2D eigenvalue weighted by molar-refractivity contribution is 5.83. The molecule has 0 saturated carbocycles. The Labute approximate surface area is 144 Å². The van der Waals surface area contributed by atoms with E-state index in [0.717, 1.165) is 41.6 Å². The second-order valence-corrected chi connectivity index (χ2v) is 6.20. The van der Waals surface area contributed by atoms with Gasteiger partial charge >= 0.3 is 0 Å². The van der Waals surface area contributed by atoms with E-state index in [1.165, 1.54) is 17.8 Å². The Morgan fingerprint density at radius 2 is 1.72 bits per heavy atom. The highest BCUT2D eigenvalue weighted by atomic mass is 16.6. The quantitative estimate of drug-likeness (QED) is 0.578. The maximum absolute atomic E-state index is 10.9. The van der Waals surface area contributed by atoms with Crippen LogP contribution in [0, 0.1) is 15.5 Å². The summed E-state index contributed by atoms with van der Waals surface area (Å²) in [6.07, 6.45) is 2.02. The predicted octanol–water partition coefficient (Wildman–Crippen LogP) is 4.16. The summed E-state index contributed by atoms with van der Waals surface area (Å²) in [4.78, 5) is 10.5. The van der Waals surface area contributed by atoms with Crippen LogP contribution in [0.15, 0.2) is 60.7 Å². The summed E-state index contributed by atoms with van der Waals surface area (Å²) in [5.41, 5.74) is 5.43. The van der Waals surface area contributed by atoms with Crippen LogP contribution in [0.5, 0.6) is 0 Å². The summed E-state index contributed by atoms with van der Waals surface area (Å²) in [7, 11) is 0. The first-order valence-corrected chi connectivity index (χ1v) is 8.27. The lowest BCUT2D eigenvalue weighted by atomic mass is 9.94. The Balaban J connectivity index is 1.97. The third-order valence-corrected chi connectivity index (χ3v) is 4.70. The molecule has 3 aromatic rings. The van der Waals surface area contributed by atoms with Crippen molar-refractivity contribution in [2.75, 3.05) is 0 Å². The topological polar surface area (TPSA) is 71.9 Å². The Hall–Kier alpha value is -3.21. The number of hydrogen-bond acceptors (Lipinski definition) is 3. The van der Waals surface area contributed by atoms with Gasteiger partial charge in [-0.1, -0.05) is 30.3 Å². The molecule has 4 rings (SSSR count). The number of nitro groups is 1. The van der Waals surface area contributed by atoms with Crippen LogP contribution in [0.25, 0.3) is 22.3 Å². The molecule has 1 aromatic heterocycles. The highest BCUT2D eigenvalue weighted by Crippen LogP contribution is 2.32. The third kappa shape index (κ3) is 2.63. The van der Waals surface area contributed by atoms with E-state index in [1.807, 2.05) is 34.9 Å². The van der Waals surface area contributed by atoms with Gasteiger partial charge in [0.1, 0.15) is 5.49 Å². The number of nitro benzene ring substituents is 1. The maximum atomic E-state index is 10.9. The number of non-ortho nitro benzene ring substituents is 1. The normalized spacial score (nSPS) is 12.8. The largest absolute Gasteiger partial charge is 0.330 e. The van der Waals surface area contributed by atoms with Gasteiger partial charge < -0.3 is 4.57 Å². The van der Waals surface area contributed by atoms with Crippen molar-refractivity contribution in [3.05, 3.63) is 82.0 Å². The molecule has 2 heterocycles. The van der Waals surface area contributed by atoms with Crippen molar-refractivity contribution < 1.29 is 4.92 Å². The second kappa shape index (κ2) is 6.02. The molecule has 5 heteroatoms. The molecule has 0 amide bonds. The minimum atomic E-state index is -0.402. The van der Waals surface area contributed by atoms with Crippen molar-refractivity contribution in [2.45, 2.75) is 19.4 Å². The van der Waals surface area contributed by atoms with Crippen molar-refractivity contribution in [2.24, 2.45) is 0 Å². The van der Waals surface area contributed by atoms with Crippen LogP contribution < -0.4 is 5.49 Å². The molecule has 25 heavy (non-hydrogen) atoms. The second-order valence-electron chi connectivity index (χ2n) is 6.20. The van der Waals surface area contributed by atoms with Crippen LogP contribution in [0.4, 0.5) is 5.69 Å². The van der Waals surface area contributed by atoms with Gasteiger partial charge in [0.05, 0.1) is 4.92 Å². The fourth-order valence-electron chi connectivity index (χ4n) is 3.49. The Morgan fingerprint density at radius 3 is 2.40 bits per heavy atom. The van der Waals surface area contributed by atoms with Gasteiger partial charge in [0.2, 0.25) is 0 Å². The molecule has 0 saturated heterocycles. The van der Waals surface area contributed by atoms with Crippen molar-refractivity contribution in [1.29, 1.82) is 5.41 Å². The molecule has 0 radical (unpaired) electrons. The number of nitrogens with one attached hydrogen (secondary N) is 1. The average Bonchev–Trinajstić information content (AvgIpc) is 3.11. The molecule has 0 fully saturated rings. The lowest BCUT2D eigenvalue weighted by Gasteiger charge is -2.15. The molecule has 0 atom stereocenters. The van der Waals surface area contributed by atoms with Gasteiger partial charge in [-0.3, -0.25) is 15.5 Å². The molecule has 124 valence electrons. The standard InChI is InChI=1S/C20H17N3O2/c21-20-19(15-8-10-16(11-9-15)23(24)25)18(14-5-2-1-3-6-14)13-17-7-4-12-22(17)20/h1-3,5-6,8-11,13,21H,4,7,12H2. The first kappa shape index (κ1) is 15.3. The molecule has 2 aromatic carbocycles. The van der Waals surface area contributed by atoms with Crippen molar-refractivity contribution in [3.8, 4) is 22.3 Å². The van der Waals surface area contributed by atoms with Gasteiger partial charge in [0, 0.05) is 29.9 Å². The molecule has 0 unspecified atom stereocenters. The number of pyridine rings is 1. The summed E-state index contributed by atoms with van der Waals surface area (Å²) < 4.78 is 2.04. The Kier molecular flexibility index (Phi) is 3.69. The van der Waals surface area contributed by atoms with E-state index in [9.17, 15) is 10.1 Å². The molecule has 0 bridgehead atoms. The summed E-state index contributed by atoms with van der Waals surface area (Å²) in [5, 5.41) is 19.6. The fourth-order valence-corrected chi connectivity index (χ4v) is 3.49. The van der Waals surface area contributed by atoms with Crippen LogP contribution in [-0.2, 0) is 13.0 Å². The van der Waals surface area contributed by atoms with E-state index < -0.39 is 4.92 Å². The minimum Gasteiger partial charge on any atom is -0.330 e. The highest BCUT2D eigenvalue weighted by Gasteiger charge is 2.19. The maximum Gasteiger partial charge on any atom is 0.269 e. The monoisotopic (exact) mass is 331 g/mol. The Bertz CT molecular complexity index is 1010. The smallest absolute Gasteiger partial charge is 0.269 e. The lowest BCUT2D eigenvalue weighted by molar-refractivity contribution is -0.384. The summed E-state index contributed by atoms with van der Waals surface area (Å²) in [6.45, 7) is 0.850. The summed E-state index contributed by atoms with van der Waals surface area (Å²) in [6, 6.07) is 18.7. The summed E-state index contributed by atoms with van der Waals surface area (Å²) in [5.74, 6) is 0. The third-order valence-electron chi connectivity index (χ3n) is 4.70. The van der Waals surface area contributed by atoms with Gasteiger partial charge in [-0.15, -0.1) is 0 Å². The molecule has 0 aliphatic carbocycles. The van der Waals surface area contributed by atoms with E-state index in [-0.39, 0.29) is 5.69 Å². The molecule has 1 N–H and O–H groups in total.